The van der Waals surface area contributed by atoms with Gasteiger partial charge in [0.2, 0.25) is 0 Å². The SMILES string of the molecule is CCNC(Cc1cnn(CC)c1)C1SCCSC1C. The van der Waals surface area contributed by atoms with Crippen molar-refractivity contribution in [3.05, 3.63) is 18.0 Å². The van der Waals surface area contributed by atoms with Crippen LogP contribution in [0.5, 0.6) is 0 Å². The molecule has 3 atom stereocenters. The molecule has 1 aliphatic heterocycles. The summed E-state index contributed by atoms with van der Waals surface area (Å²) in [5.74, 6) is 2.59. The average molecular weight is 300 g/mol. The number of hydrogen-bond donors (Lipinski definition) is 1. The van der Waals surface area contributed by atoms with Gasteiger partial charge in [-0.2, -0.15) is 28.6 Å². The van der Waals surface area contributed by atoms with Crippen LogP contribution in [0.4, 0.5) is 0 Å². The summed E-state index contributed by atoms with van der Waals surface area (Å²) >= 11 is 4.26. The molecule has 0 bridgehead atoms. The molecule has 1 saturated heterocycles. The van der Waals surface area contributed by atoms with Crippen LogP contribution in [0.2, 0.25) is 0 Å². The largest absolute Gasteiger partial charge is 0.313 e. The van der Waals surface area contributed by atoms with Gasteiger partial charge >= 0.3 is 0 Å². The number of thioether (sulfide) groups is 2. The molecular formula is C14H25N3S2. The predicted octanol–water partition coefficient (Wildman–Crippen LogP) is 2.66. The molecule has 0 spiro atoms. The van der Waals surface area contributed by atoms with Gasteiger partial charge in [0.25, 0.3) is 0 Å². The maximum atomic E-state index is 4.39. The van der Waals surface area contributed by atoms with E-state index in [1.807, 2.05) is 10.9 Å². The van der Waals surface area contributed by atoms with Crippen molar-refractivity contribution < 1.29 is 0 Å². The molecule has 2 heterocycles. The Morgan fingerprint density at radius 3 is 2.84 bits per heavy atom. The quantitative estimate of drug-likeness (QED) is 0.874. The summed E-state index contributed by atoms with van der Waals surface area (Å²) in [7, 11) is 0. The lowest BCUT2D eigenvalue weighted by molar-refractivity contribution is 0.500. The van der Waals surface area contributed by atoms with Crippen LogP contribution < -0.4 is 5.32 Å². The topological polar surface area (TPSA) is 29.9 Å². The Morgan fingerprint density at radius 1 is 1.42 bits per heavy atom. The third-order valence-electron chi connectivity index (χ3n) is 3.57. The number of hydrogen-bond acceptors (Lipinski definition) is 4. The number of nitrogens with zero attached hydrogens (tertiary/aromatic N) is 2. The second kappa shape index (κ2) is 7.60. The van der Waals surface area contributed by atoms with Crippen LogP contribution in [0, 0.1) is 0 Å². The summed E-state index contributed by atoms with van der Waals surface area (Å²) < 4.78 is 2.02. The van der Waals surface area contributed by atoms with Gasteiger partial charge in [-0.3, -0.25) is 4.68 Å². The van der Waals surface area contributed by atoms with Crippen LogP contribution in [0.25, 0.3) is 0 Å². The minimum Gasteiger partial charge on any atom is -0.313 e. The molecule has 1 aromatic heterocycles. The van der Waals surface area contributed by atoms with Crippen molar-refractivity contribution in [2.24, 2.45) is 0 Å². The first kappa shape index (κ1) is 15.3. The maximum Gasteiger partial charge on any atom is 0.0522 e. The molecule has 1 fully saturated rings. The van der Waals surface area contributed by atoms with Gasteiger partial charge in [-0.05, 0) is 25.5 Å². The molecule has 3 unspecified atom stereocenters. The van der Waals surface area contributed by atoms with Crippen molar-refractivity contribution in [1.82, 2.24) is 15.1 Å². The lowest BCUT2D eigenvalue weighted by Crippen LogP contribution is -2.45. The summed E-state index contributed by atoms with van der Waals surface area (Å²) in [4.78, 5) is 0. The Kier molecular flexibility index (Phi) is 6.10. The van der Waals surface area contributed by atoms with Gasteiger partial charge < -0.3 is 5.32 Å². The summed E-state index contributed by atoms with van der Waals surface area (Å²) in [6.45, 7) is 8.71. The molecule has 1 aliphatic rings. The van der Waals surface area contributed by atoms with Crippen molar-refractivity contribution >= 4 is 23.5 Å². The lowest BCUT2D eigenvalue weighted by Gasteiger charge is -2.34. The van der Waals surface area contributed by atoms with Gasteiger partial charge in [0.1, 0.15) is 0 Å². The molecule has 0 saturated carbocycles. The highest BCUT2D eigenvalue weighted by Crippen LogP contribution is 2.33. The van der Waals surface area contributed by atoms with Gasteiger partial charge in [0.15, 0.2) is 0 Å². The van der Waals surface area contributed by atoms with Crippen LogP contribution >= 0.6 is 23.5 Å². The maximum absolute atomic E-state index is 4.39. The van der Waals surface area contributed by atoms with Crippen LogP contribution in [0.1, 0.15) is 26.3 Å². The van der Waals surface area contributed by atoms with E-state index in [0.717, 1.165) is 24.8 Å². The van der Waals surface area contributed by atoms with E-state index in [0.29, 0.717) is 11.3 Å². The summed E-state index contributed by atoms with van der Waals surface area (Å²) in [6.07, 6.45) is 5.31. The third kappa shape index (κ3) is 4.17. The van der Waals surface area contributed by atoms with Crippen LogP contribution in [0.15, 0.2) is 12.4 Å². The molecule has 0 radical (unpaired) electrons. The minimum absolute atomic E-state index is 0.562. The minimum atomic E-state index is 0.562. The van der Waals surface area contributed by atoms with Crippen LogP contribution in [-0.4, -0.2) is 44.4 Å². The zero-order valence-electron chi connectivity index (χ0n) is 12.1. The smallest absolute Gasteiger partial charge is 0.0522 e. The molecule has 5 heteroatoms. The number of rotatable bonds is 6. The fraction of sp³-hybridized carbons (Fsp3) is 0.786. The zero-order chi connectivity index (χ0) is 13.7. The fourth-order valence-corrected chi connectivity index (χ4v) is 5.56. The Balaban J connectivity index is 2.02. The highest BCUT2D eigenvalue weighted by atomic mass is 32.2. The van der Waals surface area contributed by atoms with Crippen molar-refractivity contribution in [3.8, 4) is 0 Å². The van der Waals surface area contributed by atoms with Gasteiger partial charge in [0.05, 0.1) is 6.20 Å². The van der Waals surface area contributed by atoms with Crippen molar-refractivity contribution in [2.75, 3.05) is 18.1 Å². The number of aromatic nitrogens is 2. The van der Waals surface area contributed by atoms with E-state index in [-0.39, 0.29) is 0 Å². The number of nitrogens with one attached hydrogen (secondary N) is 1. The molecule has 1 aromatic rings. The Morgan fingerprint density at radius 2 is 2.21 bits per heavy atom. The Hall–Kier alpha value is -0.130. The summed E-state index contributed by atoms with van der Waals surface area (Å²) in [5.41, 5.74) is 1.36. The van der Waals surface area contributed by atoms with Gasteiger partial charge in [-0.15, -0.1) is 0 Å². The van der Waals surface area contributed by atoms with Gasteiger partial charge in [-0.25, -0.2) is 0 Å². The number of aryl methyl sites for hydroxylation is 1. The first-order chi connectivity index (χ1) is 9.24. The van der Waals surface area contributed by atoms with Crippen LogP contribution in [-0.2, 0) is 13.0 Å². The van der Waals surface area contributed by atoms with Gasteiger partial charge in [0, 0.05) is 40.8 Å². The summed E-state index contributed by atoms with van der Waals surface area (Å²) in [6, 6.07) is 0.562. The summed E-state index contributed by atoms with van der Waals surface area (Å²) in [5, 5.41) is 9.53. The Labute approximate surface area is 125 Å². The highest BCUT2D eigenvalue weighted by Gasteiger charge is 2.30. The molecule has 3 nitrogen and oxygen atoms in total. The van der Waals surface area contributed by atoms with E-state index >= 15 is 0 Å². The third-order valence-corrected chi connectivity index (χ3v) is 6.82. The first-order valence-corrected chi connectivity index (χ1v) is 9.32. The van der Waals surface area contributed by atoms with E-state index in [4.69, 9.17) is 0 Å². The lowest BCUT2D eigenvalue weighted by atomic mass is 10.0. The molecule has 0 amide bonds. The van der Waals surface area contributed by atoms with E-state index in [1.54, 1.807) is 0 Å². The normalized spacial score (nSPS) is 25.4. The predicted molar refractivity (Wildman–Crippen MR) is 87.2 cm³/mol. The first-order valence-electron chi connectivity index (χ1n) is 7.22. The molecule has 19 heavy (non-hydrogen) atoms. The second-order valence-corrected chi connectivity index (χ2v) is 7.75. The highest BCUT2D eigenvalue weighted by molar-refractivity contribution is 8.07. The number of likely N-dealkylation sites (N-methyl/N-ethyl adjacent to an activating group) is 1. The molecule has 0 aliphatic carbocycles. The van der Waals surface area contributed by atoms with Crippen molar-refractivity contribution in [3.63, 3.8) is 0 Å². The average Bonchev–Trinajstić information content (AvgIpc) is 2.87. The fourth-order valence-electron chi connectivity index (χ4n) is 2.60. The van der Waals surface area contributed by atoms with E-state index in [2.05, 4.69) is 60.9 Å². The zero-order valence-corrected chi connectivity index (χ0v) is 13.8. The van der Waals surface area contributed by atoms with E-state index in [9.17, 15) is 0 Å². The standard InChI is InChI=1S/C14H25N3S2/c1-4-15-13(14-11(3)18-6-7-19-14)8-12-9-16-17(5-2)10-12/h9-11,13-15H,4-8H2,1-3H3. The van der Waals surface area contributed by atoms with E-state index in [1.165, 1.54) is 17.1 Å². The molecule has 2 rings (SSSR count). The molecular weight excluding hydrogens is 274 g/mol. The van der Waals surface area contributed by atoms with Gasteiger partial charge in [-0.1, -0.05) is 13.8 Å². The second-order valence-electron chi connectivity index (χ2n) is 4.98. The monoisotopic (exact) mass is 299 g/mol. The molecule has 1 N–H and O–H groups in total. The Bertz CT molecular complexity index is 381. The van der Waals surface area contributed by atoms with Crippen molar-refractivity contribution in [2.45, 2.75) is 50.3 Å². The van der Waals surface area contributed by atoms with Crippen molar-refractivity contribution in [1.29, 1.82) is 0 Å². The molecule has 0 aromatic carbocycles. The van der Waals surface area contributed by atoms with Crippen LogP contribution in [0.3, 0.4) is 0 Å². The molecule has 108 valence electrons. The van der Waals surface area contributed by atoms with E-state index < -0.39 is 0 Å².